The Bertz CT molecular complexity index is 339. The molecule has 0 unspecified atom stereocenters. The van der Waals surface area contributed by atoms with Gasteiger partial charge in [-0.1, -0.05) is 6.92 Å². The molecule has 0 atom stereocenters. The van der Waals surface area contributed by atoms with Crippen molar-refractivity contribution in [3.05, 3.63) is 12.2 Å². The summed E-state index contributed by atoms with van der Waals surface area (Å²) in [5.74, 6) is 1.05. The monoisotopic (exact) mass is 253 g/mol. The Kier molecular flexibility index (Phi) is 5.75. The van der Waals surface area contributed by atoms with Crippen LogP contribution in [0.3, 0.4) is 0 Å². The molecule has 0 spiro atoms. The van der Waals surface area contributed by atoms with Gasteiger partial charge in [-0.2, -0.15) is 5.10 Å². The highest BCUT2D eigenvalue weighted by molar-refractivity contribution is 4.84. The molecule has 0 aliphatic heterocycles. The minimum atomic E-state index is 0.184. The molecular formula is C13H27N5. The Morgan fingerprint density at radius 1 is 1.39 bits per heavy atom. The lowest BCUT2D eigenvalue weighted by Crippen LogP contribution is -2.40. The van der Waals surface area contributed by atoms with Crippen LogP contribution in [-0.4, -0.2) is 45.3 Å². The van der Waals surface area contributed by atoms with Crippen LogP contribution in [-0.2, 0) is 13.1 Å². The van der Waals surface area contributed by atoms with Gasteiger partial charge in [0.1, 0.15) is 12.2 Å². The minimum Gasteiger partial charge on any atom is -0.311 e. The molecule has 1 N–H and O–H groups in total. The van der Waals surface area contributed by atoms with Crippen molar-refractivity contribution in [3.63, 3.8) is 0 Å². The van der Waals surface area contributed by atoms with Crippen LogP contribution in [0, 0.1) is 0 Å². The third-order valence-electron chi connectivity index (χ3n) is 2.69. The molecule has 0 saturated carbocycles. The molecule has 0 fully saturated rings. The minimum absolute atomic E-state index is 0.184. The van der Waals surface area contributed by atoms with Gasteiger partial charge in [-0.15, -0.1) is 0 Å². The van der Waals surface area contributed by atoms with Crippen LogP contribution in [0.5, 0.6) is 0 Å². The Morgan fingerprint density at radius 3 is 2.72 bits per heavy atom. The Hall–Kier alpha value is -0.940. The summed E-state index contributed by atoms with van der Waals surface area (Å²) in [6.07, 6.45) is 2.73. The molecule has 0 bridgehead atoms. The van der Waals surface area contributed by atoms with Gasteiger partial charge in [0.05, 0.1) is 6.54 Å². The van der Waals surface area contributed by atoms with Crippen LogP contribution in [0.1, 0.15) is 39.9 Å². The molecule has 0 amide bonds. The number of hydrogen-bond donors (Lipinski definition) is 1. The van der Waals surface area contributed by atoms with Crippen LogP contribution in [0.25, 0.3) is 0 Å². The van der Waals surface area contributed by atoms with Crippen molar-refractivity contribution in [3.8, 4) is 0 Å². The van der Waals surface area contributed by atoms with Crippen LogP contribution in [0.4, 0.5) is 0 Å². The average Bonchev–Trinajstić information content (AvgIpc) is 2.64. The van der Waals surface area contributed by atoms with Crippen molar-refractivity contribution in [2.24, 2.45) is 0 Å². The van der Waals surface area contributed by atoms with E-state index in [0.29, 0.717) is 0 Å². The zero-order valence-corrected chi connectivity index (χ0v) is 12.4. The summed E-state index contributed by atoms with van der Waals surface area (Å²) in [6.45, 7) is 12.5. The number of hydrogen-bond acceptors (Lipinski definition) is 4. The summed E-state index contributed by atoms with van der Waals surface area (Å²) in [7, 11) is 2.12. The van der Waals surface area contributed by atoms with Gasteiger partial charge in [-0.3, -0.25) is 4.90 Å². The Morgan fingerprint density at radius 2 is 2.11 bits per heavy atom. The third-order valence-corrected chi connectivity index (χ3v) is 2.69. The highest BCUT2D eigenvalue weighted by atomic mass is 15.3. The molecule has 1 heterocycles. The summed E-state index contributed by atoms with van der Waals surface area (Å²) >= 11 is 0. The summed E-state index contributed by atoms with van der Waals surface area (Å²) in [5.41, 5.74) is 0.184. The van der Waals surface area contributed by atoms with E-state index in [-0.39, 0.29) is 5.54 Å². The van der Waals surface area contributed by atoms with Gasteiger partial charge in [0, 0.05) is 25.2 Å². The predicted octanol–water partition coefficient (Wildman–Crippen LogP) is 1.51. The van der Waals surface area contributed by atoms with Crippen LogP contribution in [0.2, 0.25) is 0 Å². The number of aryl methyl sites for hydroxylation is 1. The van der Waals surface area contributed by atoms with E-state index in [0.717, 1.165) is 38.4 Å². The van der Waals surface area contributed by atoms with E-state index in [1.807, 2.05) is 4.68 Å². The SMILES string of the molecule is CCCn1ncnc1CN(C)CCNC(C)(C)C. The number of nitrogens with one attached hydrogen (secondary N) is 1. The summed E-state index contributed by atoms with van der Waals surface area (Å²) in [5, 5.41) is 7.73. The lowest BCUT2D eigenvalue weighted by atomic mass is 10.1. The first kappa shape index (κ1) is 15.1. The molecule has 104 valence electrons. The maximum absolute atomic E-state index is 4.32. The topological polar surface area (TPSA) is 46.0 Å². The predicted molar refractivity (Wildman–Crippen MR) is 74.4 cm³/mol. The van der Waals surface area contributed by atoms with Crippen molar-refractivity contribution >= 4 is 0 Å². The van der Waals surface area contributed by atoms with Crippen molar-refractivity contribution in [1.29, 1.82) is 0 Å². The van der Waals surface area contributed by atoms with Gasteiger partial charge < -0.3 is 5.32 Å². The number of likely N-dealkylation sites (N-methyl/N-ethyl adjacent to an activating group) is 1. The van der Waals surface area contributed by atoms with Gasteiger partial charge in [-0.25, -0.2) is 9.67 Å². The van der Waals surface area contributed by atoms with Gasteiger partial charge in [0.15, 0.2) is 0 Å². The van der Waals surface area contributed by atoms with Gasteiger partial charge >= 0.3 is 0 Å². The number of aromatic nitrogens is 3. The highest BCUT2D eigenvalue weighted by Crippen LogP contribution is 2.01. The van der Waals surface area contributed by atoms with Crippen molar-refractivity contribution in [2.45, 2.75) is 52.7 Å². The average molecular weight is 253 g/mol. The van der Waals surface area contributed by atoms with E-state index in [1.54, 1.807) is 6.33 Å². The third kappa shape index (κ3) is 5.60. The van der Waals surface area contributed by atoms with E-state index >= 15 is 0 Å². The first-order valence-corrected chi connectivity index (χ1v) is 6.72. The second-order valence-corrected chi connectivity index (χ2v) is 5.81. The molecule has 0 aliphatic rings. The van der Waals surface area contributed by atoms with E-state index in [2.05, 4.69) is 55.0 Å². The molecular weight excluding hydrogens is 226 g/mol. The fraction of sp³-hybridized carbons (Fsp3) is 0.846. The highest BCUT2D eigenvalue weighted by Gasteiger charge is 2.10. The van der Waals surface area contributed by atoms with Crippen molar-refractivity contribution in [1.82, 2.24) is 25.0 Å². The Labute approximate surface area is 111 Å². The standard InChI is InChI=1S/C13H27N5/c1-6-8-18-12(14-11-16-18)10-17(5)9-7-15-13(2,3)4/h11,15H,6-10H2,1-5H3. The molecule has 5 nitrogen and oxygen atoms in total. The second kappa shape index (κ2) is 6.85. The smallest absolute Gasteiger partial charge is 0.140 e. The molecule has 1 rings (SSSR count). The van der Waals surface area contributed by atoms with E-state index in [4.69, 9.17) is 0 Å². The summed E-state index contributed by atoms with van der Waals surface area (Å²) in [4.78, 5) is 6.59. The Balaban J connectivity index is 2.35. The van der Waals surface area contributed by atoms with Crippen molar-refractivity contribution < 1.29 is 0 Å². The second-order valence-electron chi connectivity index (χ2n) is 5.81. The quantitative estimate of drug-likeness (QED) is 0.800. The van der Waals surface area contributed by atoms with Gasteiger partial charge in [0.25, 0.3) is 0 Å². The lowest BCUT2D eigenvalue weighted by Gasteiger charge is -2.23. The summed E-state index contributed by atoms with van der Waals surface area (Å²) in [6, 6.07) is 0. The lowest BCUT2D eigenvalue weighted by molar-refractivity contribution is 0.291. The first-order valence-electron chi connectivity index (χ1n) is 6.72. The zero-order chi connectivity index (χ0) is 13.6. The van der Waals surface area contributed by atoms with Crippen LogP contribution < -0.4 is 5.32 Å². The fourth-order valence-corrected chi connectivity index (χ4v) is 1.75. The molecule has 18 heavy (non-hydrogen) atoms. The molecule has 5 heteroatoms. The fourth-order valence-electron chi connectivity index (χ4n) is 1.75. The molecule has 0 saturated heterocycles. The van der Waals surface area contributed by atoms with Crippen molar-refractivity contribution in [2.75, 3.05) is 20.1 Å². The molecule has 1 aromatic rings. The van der Waals surface area contributed by atoms with E-state index < -0.39 is 0 Å². The number of rotatable bonds is 7. The normalized spacial score (nSPS) is 12.3. The van der Waals surface area contributed by atoms with E-state index in [9.17, 15) is 0 Å². The molecule has 0 aromatic carbocycles. The van der Waals surface area contributed by atoms with E-state index in [1.165, 1.54) is 0 Å². The molecule has 1 aromatic heterocycles. The van der Waals surface area contributed by atoms with Gasteiger partial charge in [-0.05, 0) is 34.2 Å². The number of nitrogens with zero attached hydrogens (tertiary/aromatic N) is 4. The van der Waals surface area contributed by atoms with Crippen LogP contribution >= 0.6 is 0 Å². The largest absolute Gasteiger partial charge is 0.311 e. The zero-order valence-electron chi connectivity index (χ0n) is 12.4. The maximum Gasteiger partial charge on any atom is 0.140 e. The molecule has 0 aliphatic carbocycles. The maximum atomic E-state index is 4.32. The summed E-state index contributed by atoms with van der Waals surface area (Å²) < 4.78 is 1.99. The first-order chi connectivity index (χ1) is 8.42. The van der Waals surface area contributed by atoms with Gasteiger partial charge in [0.2, 0.25) is 0 Å². The molecule has 0 radical (unpaired) electrons. The van der Waals surface area contributed by atoms with Crippen LogP contribution in [0.15, 0.2) is 6.33 Å².